The summed E-state index contributed by atoms with van der Waals surface area (Å²) in [6.45, 7) is 0.0175. The fourth-order valence-electron chi connectivity index (χ4n) is 3.58. The van der Waals surface area contributed by atoms with Crippen molar-refractivity contribution < 1.29 is 10.2 Å². The minimum Gasteiger partial charge on any atom is -0.392 e. The Morgan fingerprint density at radius 3 is 2.95 bits per heavy atom. The van der Waals surface area contributed by atoms with E-state index >= 15 is 0 Å². The summed E-state index contributed by atoms with van der Waals surface area (Å²) in [4.78, 5) is 12.4. The SMILES string of the molecule is OCC1=C[C@H]2C[C@@H]1[C@H](O)[C@@H]2n1cnc2c(Cl)ncnc21. The number of allylic oxidation sites excluding steroid dienone is 1. The van der Waals surface area contributed by atoms with Crippen molar-refractivity contribution in [2.45, 2.75) is 18.6 Å². The van der Waals surface area contributed by atoms with E-state index < -0.39 is 6.10 Å². The first-order chi connectivity index (χ1) is 9.70. The van der Waals surface area contributed by atoms with Crippen molar-refractivity contribution in [2.75, 3.05) is 6.61 Å². The highest BCUT2D eigenvalue weighted by atomic mass is 35.5. The molecular weight excluding hydrogens is 280 g/mol. The van der Waals surface area contributed by atoms with Crippen molar-refractivity contribution in [1.82, 2.24) is 19.5 Å². The minimum absolute atomic E-state index is 0.0175. The van der Waals surface area contributed by atoms with Crippen LogP contribution in [-0.2, 0) is 0 Å². The van der Waals surface area contributed by atoms with Crippen molar-refractivity contribution in [3.63, 3.8) is 0 Å². The number of aliphatic hydroxyl groups excluding tert-OH is 2. The number of aromatic nitrogens is 4. The van der Waals surface area contributed by atoms with Gasteiger partial charge in [-0.05, 0) is 12.0 Å². The highest BCUT2D eigenvalue weighted by Gasteiger charge is 2.48. The molecule has 0 unspecified atom stereocenters. The summed E-state index contributed by atoms with van der Waals surface area (Å²) in [7, 11) is 0. The summed E-state index contributed by atoms with van der Waals surface area (Å²) in [5, 5.41) is 20.1. The Kier molecular flexibility index (Phi) is 2.60. The molecule has 2 bridgehead atoms. The van der Waals surface area contributed by atoms with Crippen molar-refractivity contribution >= 4 is 22.8 Å². The van der Waals surface area contributed by atoms with Crippen LogP contribution in [0.5, 0.6) is 0 Å². The number of hydrogen-bond acceptors (Lipinski definition) is 5. The van der Waals surface area contributed by atoms with Crippen LogP contribution in [-0.4, -0.2) is 42.4 Å². The lowest BCUT2D eigenvalue weighted by molar-refractivity contribution is 0.0929. The first-order valence-corrected chi connectivity index (χ1v) is 6.91. The van der Waals surface area contributed by atoms with E-state index in [2.05, 4.69) is 21.0 Å². The third-order valence-corrected chi connectivity index (χ3v) is 4.73. The average Bonchev–Trinajstić information content (AvgIpc) is 3.11. The standard InChI is InChI=1S/C13H13ClN4O2/c14-12-9-13(16-4-15-12)18(5-17-9)10-6-1-7(3-19)8(2-6)11(10)20/h1,4-6,8,10-11,19-20H,2-3H2/t6-,8-,10+,11-/m0/s1. The molecule has 2 aromatic rings. The summed E-state index contributed by atoms with van der Waals surface area (Å²) in [6.07, 6.45) is 5.46. The fourth-order valence-corrected chi connectivity index (χ4v) is 3.76. The van der Waals surface area contributed by atoms with Crippen LogP contribution in [0.1, 0.15) is 12.5 Å². The molecule has 7 heteroatoms. The van der Waals surface area contributed by atoms with E-state index in [0.29, 0.717) is 16.3 Å². The predicted octanol–water partition coefficient (Wildman–Crippen LogP) is 0.950. The second-order valence-corrected chi connectivity index (χ2v) is 5.73. The minimum atomic E-state index is -0.529. The second-order valence-electron chi connectivity index (χ2n) is 5.38. The molecule has 6 nitrogen and oxygen atoms in total. The Balaban J connectivity index is 1.82. The lowest BCUT2D eigenvalue weighted by atomic mass is 9.92. The zero-order chi connectivity index (χ0) is 13.9. The fraction of sp³-hybridized carbons (Fsp3) is 0.462. The molecule has 2 aromatic heterocycles. The summed E-state index contributed by atoms with van der Waals surface area (Å²) in [6, 6.07) is -0.105. The van der Waals surface area contributed by atoms with Crippen LogP contribution >= 0.6 is 11.6 Å². The average molecular weight is 293 g/mol. The molecule has 1 saturated carbocycles. The maximum absolute atomic E-state index is 10.5. The zero-order valence-electron chi connectivity index (χ0n) is 10.5. The van der Waals surface area contributed by atoms with Gasteiger partial charge in [-0.25, -0.2) is 15.0 Å². The van der Waals surface area contributed by atoms with Gasteiger partial charge in [-0.15, -0.1) is 0 Å². The molecule has 0 aromatic carbocycles. The van der Waals surface area contributed by atoms with Crippen LogP contribution in [0.2, 0.25) is 5.15 Å². The van der Waals surface area contributed by atoms with Gasteiger partial charge in [0.2, 0.25) is 0 Å². The molecule has 0 saturated heterocycles. The number of fused-ring (bicyclic) bond motifs is 3. The maximum atomic E-state index is 10.5. The topological polar surface area (TPSA) is 84.1 Å². The van der Waals surface area contributed by atoms with Gasteiger partial charge in [-0.3, -0.25) is 0 Å². The molecule has 0 amide bonds. The van der Waals surface area contributed by atoms with Gasteiger partial charge in [0.1, 0.15) is 11.8 Å². The van der Waals surface area contributed by atoms with E-state index in [1.807, 2.05) is 4.57 Å². The van der Waals surface area contributed by atoms with Crippen LogP contribution in [0.3, 0.4) is 0 Å². The largest absolute Gasteiger partial charge is 0.392 e. The van der Waals surface area contributed by atoms with Gasteiger partial charge in [0, 0.05) is 11.8 Å². The summed E-state index contributed by atoms with van der Waals surface area (Å²) >= 11 is 6.00. The van der Waals surface area contributed by atoms with Gasteiger partial charge in [0.25, 0.3) is 0 Å². The first kappa shape index (κ1) is 12.3. The van der Waals surface area contributed by atoms with E-state index in [0.717, 1.165) is 12.0 Å². The molecule has 0 spiro atoms. The zero-order valence-corrected chi connectivity index (χ0v) is 11.3. The Hall–Kier alpha value is -1.50. The second kappa shape index (κ2) is 4.25. The van der Waals surface area contributed by atoms with E-state index in [9.17, 15) is 10.2 Å². The van der Waals surface area contributed by atoms with Crippen LogP contribution in [0.4, 0.5) is 0 Å². The van der Waals surface area contributed by atoms with Crippen LogP contribution < -0.4 is 0 Å². The van der Waals surface area contributed by atoms with Crippen LogP contribution in [0.25, 0.3) is 11.2 Å². The molecular formula is C13H13ClN4O2. The summed E-state index contributed by atoms with van der Waals surface area (Å²) in [5.41, 5.74) is 2.13. The first-order valence-electron chi connectivity index (χ1n) is 6.53. The smallest absolute Gasteiger partial charge is 0.165 e. The molecule has 0 radical (unpaired) electrons. The van der Waals surface area contributed by atoms with Gasteiger partial charge in [-0.1, -0.05) is 17.7 Å². The van der Waals surface area contributed by atoms with E-state index in [4.69, 9.17) is 11.6 Å². The Bertz CT molecular complexity index is 713. The highest BCUT2D eigenvalue weighted by molar-refractivity contribution is 6.33. The number of nitrogens with zero attached hydrogens (tertiary/aromatic N) is 4. The molecule has 0 aliphatic heterocycles. The predicted molar refractivity (Wildman–Crippen MR) is 72.1 cm³/mol. The monoisotopic (exact) mass is 292 g/mol. The molecule has 4 rings (SSSR count). The Labute approximate surface area is 119 Å². The lowest BCUT2D eigenvalue weighted by Crippen LogP contribution is -2.30. The molecule has 104 valence electrons. The van der Waals surface area contributed by atoms with E-state index in [1.165, 1.54) is 6.33 Å². The van der Waals surface area contributed by atoms with Gasteiger partial charge in [-0.2, -0.15) is 0 Å². The number of rotatable bonds is 2. The quantitative estimate of drug-likeness (QED) is 0.636. The maximum Gasteiger partial charge on any atom is 0.165 e. The third kappa shape index (κ3) is 1.49. The van der Waals surface area contributed by atoms with Crippen molar-refractivity contribution in [1.29, 1.82) is 0 Å². The van der Waals surface area contributed by atoms with Crippen molar-refractivity contribution in [2.24, 2.45) is 11.8 Å². The van der Waals surface area contributed by atoms with Crippen LogP contribution in [0, 0.1) is 11.8 Å². The van der Waals surface area contributed by atoms with E-state index in [1.54, 1.807) is 6.33 Å². The van der Waals surface area contributed by atoms with Crippen LogP contribution in [0.15, 0.2) is 24.3 Å². The normalized spacial score (nSPS) is 32.0. The molecule has 1 fully saturated rings. The Morgan fingerprint density at radius 1 is 1.35 bits per heavy atom. The van der Waals surface area contributed by atoms with Gasteiger partial charge in [0.15, 0.2) is 10.8 Å². The van der Waals surface area contributed by atoms with E-state index in [-0.39, 0.29) is 24.5 Å². The summed E-state index contributed by atoms with van der Waals surface area (Å²) < 4.78 is 1.88. The van der Waals surface area contributed by atoms with Gasteiger partial charge < -0.3 is 14.8 Å². The molecule has 20 heavy (non-hydrogen) atoms. The molecule has 4 atom stereocenters. The molecule has 2 aliphatic carbocycles. The van der Waals surface area contributed by atoms with Gasteiger partial charge >= 0.3 is 0 Å². The van der Waals surface area contributed by atoms with Gasteiger partial charge in [0.05, 0.1) is 25.1 Å². The molecule has 2 heterocycles. The highest BCUT2D eigenvalue weighted by Crippen LogP contribution is 2.50. The molecule has 2 N–H and O–H groups in total. The Morgan fingerprint density at radius 2 is 2.20 bits per heavy atom. The lowest BCUT2D eigenvalue weighted by Gasteiger charge is -2.27. The number of halogens is 1. The van der Waals surface area contributed by atoms with Crippen molar-refractivity contribution in [3.8, 4) is 0 Å². The third-order valence-electron chi connectivity index (χ3n) is 4.45. The number of aliphatic hydroxyl groups is 2. The van der Waals surface area contributed by atoms with Crippen molar-refractivity contribution in [3.05, 3.63) is 29.5 Å². The number of hydrogen-bond donors (Lipinski definition) is 2. The number of imidazole rings is 1. The molecule has 2 aliphatic rings. The summed E-state index contributed by atoms with van der Waals surface area (Å²) in [5.74, 6) is 0.230.